The lowest BCUT2D eigenvalue weighted by Gasteiger charge is -2.20. The molecule has 0 aliphatic heterocycles. The van der Waals surface area contributed by atoms with E-state index in [0.717, 1.165) is 19.3 Å². The van der Waals surface area contributed by atoms with E-state index in [2.05, 4.69) is 19.2 Å². The standard InChI is InChI=1S/C9H19NO/c1-3-7(2)10-8-5-4-6-9(8)11/h7-11H,3-6H2,1-2H3/t7?,8-,9-/m0/s1. The van der Waals surface area contributed by atoms with E-state index in [1.165, 1.54) is 6.42 Å². The Morgan fingerprint density at radius 1 is 1.55 bits per heavy atom. The summed E-state index contributed by atoms with van der Waals surface area (Å²) in [4.78, 5) is 0. The molecule has 3 atom stereocenters. The third-order valence-corrected chi connectivity index (χ3v) is 2.59. The highest BCUT2D eigenvalue weighted by Gasteiger charge is 2.25. The fourth-order valence-electron chi connectivity index (χ4n) is 1.62. The predicted octanol–water partition coefficient (Wildman–Crippen LogP) is 1.29. The molecular weight excluding hydrogens is 138 g/mol. The molecule has 11 heavy (non-hydrogen) atoms. The van der Waals surface area contributed by atoms with Gasteiger partial charge >= 0.3 is 0 Å². The topological polar surface area (TPSA) is 32.3 Å². The van der Waals surface area contributed by atoms with E-state index in [4.69, 9.17) is 0 Å². The summed E-state index contributed by atoms with van der Waals surface area (Å²) in [7, 11) is 0. The van der Waals surface area contributed by atoms with E-state index < -0.39 is 0 Å². The Labute approximate surface area is 69.0 Å². The minimum atomic E-state index is -0.0935. The molecular formula is C9H19NO. The highest BCUT2D eigenvalue weighted by atomic mass is 16.3. The Bertz CT molecular complexity index is 116. The lowest BCUT2D eigenvalue weighted by molar-refractivity contribution is 0.143. The normalized spacial score (nSPS) is 34.1. The fourth-order valence-corrected chi connectivity index (χ4v) is 1.62. The predicted molar refractivity (Wildman–Crippen MR) is 46.5 cm³/mol. The van der Waals surface area contributed by atoms with Crippen molar-refractivity contribution in [1.82, 2.24) is 5.32 Å². The first-order chi connectivity index (χ1) is 5.24. The van der Waals surface area contributed by atoms with Crippen LogP contribution in [0.2, 0.25) is 0 Å². The average Bonchev–Trinajstić information content (AvgIpc) is 2.37. The van der Waals surface area contributed by atoms with Crippen molar-refractivity contribution >= 4 is 0 Å². The average molecular weight is 157 g/mol. The van der Waals surface area contributed by atoms with Crippen LogP contribution in [0.5, 0.6) is 0 Å². The Morgan fingerprint density at radius 3 is 2.73 bits per heavy atom. The van der Waals surface area contributed by atoms with Crippen molar-refractivity contribution in [2.24, 2.45) is 0 Å². The maximum absolute atomic E-state index is 9.47. The Morgan fingerprint density at radius 2 is 2.27 bits per heavy atom. The Hall–Kier alpha value is -0.0800. The Balaban J connectivity index is 2.24. The molecule has 1 fully saturated rings. The zero-order valence-corrected chi connectivity index (χ0v) is 7.51. The number of aliphatic hydroxyl groups excluding tert-OH is 1. The van der Waals surface area contributed by atoms with Crippen molar-refractivity contribution in [3.8, 4) is 0 Å². The third kappa shape index (κ3) is 2.46. The molecule has 2 nitrogen and oxygen atoms in total. The molecule has 1 saturated carbocycles. The number of aliphatic hydroxyl groups is 1. The molecule has 1 aliphatic rings. The first kappa shape index (κ1) is 9.01. The van der Waals surface area contributed by atoms with Crippen molar-refractivity contribution in [2.45, 2.75) is 57.7 Å². The quantitative estimate of drug-likeness (QED) is 0.647. The van der Waals surface area contributed by atoms with Crippen LogP contribution in [-0.4, -0.2) is 23.3 Å². The number of nitrogens with one attached hydrogen (secondary N) is 1. The molecule has 2 N–H and O–H groups in total. The molecule has 0 spiro atoms. The van der Waals surface area contributed by atoms with Crippen molar-refractivity contribution in [3.63, 3.8) is 0 Å². The van der Waals surface area contributed by atoms with Crippen molar-refractivity contribution in [3.05, 3.63) is 0 Å². The van der Waals surface area contributed by atoms with Gasteiger partial charge in [-0.3, -0.25) is 0 Å². The minimum absolute atomic E-state index is 0.0935. The number of rotatable bonds is 3. The van der Waals surface area contributed by atoms with Crippen LogP contribution in [0, 0.1) is 0 Å². The first-order valence-corrected chi connectivity index (χ1v) is 4.68. The summed E-state index contributed by atoms with van der Waals surface area (Å²) in [5, 5.41) is 12.9. The van der Waals surface area contributed by atoms with Crippen LogP contribution < -0.4 is 5.32 Å². The highest BCUT2D eigenvalue weighted by molar-refractivity contribution is 4.83. The van der Waals surface area contributed by atoms with Gasteiger partial charge < -0.3 is 10.4 Å². The second-order valence-electron chi connectivity index (χ2n) is 3.58. The van der Waals surface area contributed by atoms with Crippen molar-refractivity contribution < 1.29 is 5.11 Å². The van der Waals surface area contributed by atoms with Gasteiger partial charge in [0.05, 0.1) is 6.10 Å². The summed E-state index contributed by atoms with van der Waals surface area (Å²) in [5.41, 5.74) is 0. The van der Waals surface area contributed by atoms with E-state index in [0.29, 0.717) is 12.1 Å². The molecule has 1 rings (SSSR count). The lowest BCUT2D eigenvalue weighted by Crippen LogP contribution is -2.40. The molecule has 66 valence electrons. The van der Waals surface area contributed by atoms with Gasteiger partial charge in [0.25, 0.3) is 0 Å². The third-order valence-electron chi connectivity index (χ3n) is 2.59. The highest BCUT2D eigenvalue weighted by Crippen LogP contribution is 2.19. The molecule has 0 aromatic rings. The maximum Gasteiger partial charge on any atom is 0.0693 e. The number of hydrogen-bond donors (Lipinski definition) is 2. The minimum Gasteiger partial charge on any atom is -0.392 e. The molecule has 0 aromatic heterocycles. The first-order valence-electron chi connectivity index (χ1n) is 4.68. The zero-order valence-electron chi connectivity index (χ0n) is 7.51. The van der Waals surface area contributed by atoms with E-state index in [-0.39, 0.29) is 6.10 Å². The summed E-state index contributed by atoms with van der Waals surface area (Å²) in [5.74, 6) is 0. The SMILES string of the molecule is CCC(C)N[C@H]1CCC[C@@H]1O. The van der Waals surface area contributed by atoms with E-state index in [1.807, 2.05) is 0 Å². The molecule has 0 radical (unpaired) electrons. The van der Waals surface area contributed by atoms with Gasteiger partial charge in [0.15, 0.2) is 0 Å². The van der Waals surface area contributed by atoms with Gasteiger partial charge in [-0.1, -0.05) is 6.92 Å². The lowest BCUT2D eigenvalue weighted by atomic mass is 10.1. The van der Waals surface area contributed by atoms with Crippen LogP contribution in [0.3, 0.4) is 0 Å². The molecule has 0 saturated heterocycles. The zero-order chi connectivity index (χ0) is 8.27. The molecule has 0 bridgehead atoms. The van der Waals surface area contributed by atoms with E-state index in [9.17, 15) is 5.11 Å². The summed E-state index contributed by atoms with van der Waals surface area (Å²) < 4.78 is 0. The second kappa shape index (κ2) is 4.07. The summed E-state index contributed by atoms with van der Waals surface area (Å²) in [6.45, 7) is 4.34. The van der Waals surface area contributed by atoms with Gasteiger partial charge in [0.1, 0.15) is 0 Å². The smallest absolute Gasteiger partial charge is 0.0693 e. The van der Waals surface area contributed by atoms with Crippen LogP contribution in [-0.2, 0) is 0 Å². The fraction of sp³-hybridized carbons (Fsp3) is 1.00. The number of hydrogen-bond acceptors (Lipinski definition) is 2. The van der Waals surface area contributed by atoms with Gasteiger partial charge in [-0.2, -0.15) is 0 Å². The van der Waals surface area contributed by atoms with Crippen LogP contribution >= 0.6 is 0 Å². The van der Waals surface area contributed by atoms with Crippen LogP contribution in [0.1, 0.15) is 39.5 Å². The molecule has 0 aromatic carbocycles. The monoisotopic (exact) mass is 157 g/mol. The van der Waals surface area contributed by atoms with E-state index in [1.54, 1.807) is 0 Å². The van der Waals surface area contributed by atoms with Crippen LogP contribution in [0.15, 0.2) is 0 Å². The Kier molecular flexibility index (Phi) is 3.34. The molecule has 1 unspecified atom stereocenters. The maximum atomic E-state index is 9.47. The van der Waals surface area contributed by atoms with Gasteiger partial charge in [0, 0.05) is 12.1 Å². The largest absolute Gasteiger partial charge is 0.392 e. The van der Waals surface area contributed by atoms with Gasteiger partial charge in [0.2, 0.25) is 0 Å². The molecule has 1 aliphatic carbocycles. The van der Waals surface area contributed by atoms with Crippen LogP contribution in [0.4, 0.5) is 0 Å². The summed E-state index contributed by atoms with van der Waals surface area (Å²) in [6, 6.07) is 0.915. The van der Waals surface area contributed by atoms with Crippen molar-refractivity contribution in [1.29, 1.82) is 0 Å². The van der Waals surface area contributed by atoms with Gasteiger partial charge in [-0.05, 0) is 32.6 Å². The summed E-state index contributed by atoms with van der Waals surface area (Å²) >= 11 is 0. The molecule has 2 heteroatoms. The van der Waals surface area contributed by atoms with Crippen molar-refractivity contribution in [2.75, 3.05) is 0 Å². The van der Waals surface area contributed by atoms with Crippen LogP contribution in [0.25, 0.3) is 0 Å². The van der Waals surface area contributed by atoms with Gasteiger partial charge in [-0.25, -0.2) is 0 Å². The van der Waals surface area contributed by atoms with Gasteiger partial charge in [-0.15, -0.1) is 0 Å². The second-order valence-corrected chi connectivity index (χ2v) is 3.58. The van der Waals surface area contributed by atoms with E-state index >= 15 is 0 Å². The summed E-state index contributed by atoms with van der Waals surface area (Å²) in [6.07, 6.45) is 4.35. The molecule has 0 amide bonds. The molecule has 0 heterocycles.